The van der Waals surface area contributed by atoms with E-state index in [1.165, 1.54) is 6.07 Å². The molecule has 0 amide bonds. The normalized spacial score (nSPS) is 10.8. The third-order valence-corrected chi connectivity index (χ3v) is 3.41. The van der Waals surface area contributed by atoms with Crippen molar-refractivity contribution in [3.05, 3.63) is 65.1 Å². The molecule has 3 nitrogen and oxygen atoms in total. The van der Waals surface area contributed by atoms with Crippen molar-refractivity contribution >= 4 is 11.6 Å². The third-order valence-electron chi connectivity index (χ3n) is 3.12. The van der Waals surface area contributed by atoms with Crippen LogP contribution in [0.2, 0.25) is 5.02 Å². The van der Waals surface area contributed by atoms with Crippen LogP contribution in [0, 0.1) is 12.7 Å². The summed E-state index contributed by atoms with van der Waals surface area (Å²) in [5.41, 5.74) is 2.77. The van der Waals surface area contributed by atoms with E-state index in [-0.39, 0.29) is 5.02 Å². The van der Waals surface area contributed by atoms with Gasteiger partial charge in [0.1, 0.15) is 11.5 Å². The lowest BCUT2D eigenvalue weighted by Crippen LogP contribution is -2.00. The number of hydrogen-bond donors (Lipinski definition) is 0. The van der Waals surface area contributed by atoms with E-state index in [0.717, 1.165) is 11.3 Å². The van der Waals surface area contributed by atoms with Gasteiger partial charge in [-0.2, -0.15) is 0 Å². The zero-order valence-electron chi connectivity index (χ0n) is 10.7. The molecule has 0 aliphatic heterocycles. The van der Waals surface area contributed by atoms with Gasteiger partial charge in [-0.25, -0.2) is 9.07 Å². The molecule has 0 saturated heterocycles. The van der Waals surface area contributed by atoms with Crippen molar-refractivity contribution < 1.29 is 4.39 Å². The monoisotopic (exact) mass is 287 g/mol. The van der Waals surface area contributed by atoms with Crippen LogP contribution in [0.1, 0.15) is 5.56 Å². The van der Waals surface area contributed by atoms with E-state index in [9.17, 15) is 4.39 Å². The lowest BCUT2D eigenvalue weighted by molar-refractivity contribution is 0.615. The Kier molecular flexibility index (Phi) is 3.24. The van der Waals surface area contributed by atoms with Crippen molar-refractivity contribution in [2.45, 2.75) is 6.92 Å². The highest BCUT2D eigenvalue weighted by Crippen LogP contribution is 2.24. The van der Waals surface area contributed by atoms with E-state index >= 15 is 0 Å². The number of hydrogen-bond acceptors (Lipinski definition) is 2. The first-order valence-corrected chi connectivity index (χ1v) is 6.47. The van der Waals surface area contributed by atoms with E-state index in [0.29, 0.717) is 11.3 Å². The van der Waals surface area contributed by atoms with Crippen LogP contribution in [0.3, 0.4) is 0 Å². The molecule has 3 rings (SSSR count). The summed E-state index contributed by atoms with van der Waals surface area (Å²) >= 11 is 5.75. The molecule has 0 unspecified atom stereocenters. The molecule has 0 spiro atoms. The summed E-state index contributed by atoms with van der Waals surface area (Å²) < 4.78 is 15.4. The third kappa shape index (κ3) is 2.18. The largest absolute Gasteiger partial charge is 0.220 e. The van der Waals surface area contributed by atoms with Crippen LogP contribution >= 0.6 is 11.6 Å². The molecule has 3 aromatic rings. The van der Waals surface area contributed by atoms with Crippen molar-refractivity contribution in [2.75, 3.05) is 0 Å². The van der Waals surface area contributed by atoms with Gasteiger partial charge < -0.3 is 0 Å². The minimum atomic E-state index is -0.430. The van der Waals surface area contributed by atoms with Crippen LogP contribution in [0.4, 0.5) is 4.39 Å². The van der Waals surface area contributed by atoms with Crippen molar-refractivity contribution in [1.82, 2.24) is 15.0 Å². The van der Waals surface area contributed by atoms with Gasteiger partial charge in [0, 0.05) is 11.1 Å². The first-order valence-electron chi connectivity index (χ1n) is 6.09. The molecule has 0 atom stereocenters. The van der Waals surface area contributed by atoms with Crippen LogP contribution in [-0.4, -0.2) is 15.0 Å². The summed E-state index contributed by atoms with van der Waals surface area (Å²) in [6.45, 7) is 1.67. The van der Waals surface area contributed by atoms with Crippen LogP contribution in [0.15, 0.2) is 48.7 Å². The summed E-state index contributed by atoms with van der Waals surface area (Å²) in [5.74, 6) is -0.430. The summed E-state index contributed by atoms with van der Waals surface area (Å²) in [6.07, 6.45) is 1.77. The Morgan fingerprint density at radius 2 is 1.85 bits per heavy atom. The van der Waals surface area contributed by atoms with Gasteiger partial charge in [0.25, 0.3) is 0 Å². The summed E-state index contributed by atoms with van der Waals surface area (Å²) in [5, 5.41) is 8.27. The molecule has 0 saturated carbocycles. The number of nitrogens with zero attached hydrogens (tertiary/aromatic N) is 3. The second kappa shape index (κ2) is 5.06. The summed E-state index contributed by atoms with van der Waals surface area (Å²) in [6, 6.07) is 12.9. The van der Waals surface area contributed by atoms with Gasteiger partial charge in [0.2, 0.25) is 0 Å². The first-order chi connectivity index (χ1) is 9.66. The molecule has 20 heavy (non-hydrogen) atoms. The Bertz CT molecular complexity index is 753. The maximum atomic E-state index is 13.8. The number of aromatic nitrogens is 3. The van der Waals surface area contributed by atoms with Crippen molar-refractivity contribution in [3.8, 4) is 16.9 Å². The van der Waals surface area contributed by atoms with Crippen LogP contribution < -0.4 is 0 Å². The first kappa shape index (κ1) is 12.8. The van der Waals surface area contributed by atoms with E-state index in [2.05, 4.69) is 10.3 Å². The quantitative estimate of drug-likeness (QED) is 0.712. The Morgan fingerprint density at radius 1 is 1.10 bits per heavy atom. The Morgan fingerprint density at radius 3 is 2.60 bits per heavy atom. The maximum absolute atomic E-state index is 13.8. The lowest BCUT2D eigenvalue weighted by Gasteiger charge is -2.06. The fourth-order valence-corrected chi connectivity index (χ4v) is 2.22. The summed E-state index contributed by atoms with van der Waals surface area (Å²) in [7, 11) is 0. The molecule has 0 aliphatic rings. The minimum Gasteiger partial charge on any atom is -0.220 e. The standard InChI is InChI=1S/C15H11ClFN3/c1-10-14(8-7-12(16)15(10)17)20-9-13(18-19-20)11-5-3-2-4-6-11/h2-9H,1H3. The van der Waals surface area contributed by atoms with Gasteiger partial charge in [-0.15, -0.1) is 5.10 Å². The molecule has 0 radical (unpaired) electrons. The molecular weight excluding hydrogens is 277 g/mol. The van der Waals surface area contributed by atoms with Gasteiger partial charge in [-0.1, -0.05) is 47.1 Å². The molecule has 0 aliphatic carbocycles. The van der Waals surface area contributed by atoms with Gasteiger partial charge in [-0.05, 0) is 19.1 Å². The van der Waals surface area contributed by atoms with Crippen LogP contribution in [0.25, 0.3) is 16.9 Å². The molecule has 5 heteroatoms. The fourth-order valence-electron chi connectivity index (χ4n) is 2.01. The Balaban J connectivity index is 2.05. The molecule has 1 aromatic heterocycles. The highest BCUT2D eigenvalue weighted by Gasteiger charge is 2.12. The lowest BCUT2D eigenvalue weighted by atomic mass is 10.1. The Hall–Kier alpha value is -2.20. The van der Waals surface area contributed by atoms with Gasteiger partial charge in [0.15, 0.2) is 0 Å². The second-order valence-corrected chi connectivity index (χ2v) is 4.83. The van der Waals surface area contributed by atoms with Crippen LogP contribution in [0.5, 0.6) is 0 Å². The van der Waals surface area contributed by atoms with Gasteiger partial charge in [0.05, 0.1) is 16.9 Å². The predicted octanol–water partition coefficient (Wildman–Crippen LogP) is 4.04. The van der Waals surface area contributed by atoms with Crippen molar-refractivity contribution in [2.24, 2.45) is 0 Å². The smallest absolute Gasteiger partial charge is 0.146 e. The topological polar surface area (TPSA) is 30.7 Å². The van der Waals surface area contributed by atoms with Crippen molar-refractivity contribution in [1.29, 1.82) is 0 Å². The summed E-state index contributed by atoms with van der Waals surface area (Å²) in [4.78, 5) is 0. The number of rotatable bonds is 2. The Labute approximate surface area is 120 Å². The van der Waals surface area contributed by atoms with E-state index in [1.54, 1.807) is 23.9 Å². The van der Waals surface area contributed by atoms with E-state index < -0.39 is 5.82 Å². The highest BCUT2D eigenvalue weighted by molar-refractivity contribution is 6.30. The number of benzene rings is 2. The second-order valence-electron chi connectivity index (χ2n) is 4.42. The van der Waals surface area contributed by atoms with Gasteiger partial charge >= 0.3 is 0 Å². The zero-order chi connectivity index (χ0) is 14.1. The minimum absolute atomic E-state index is 0.106. The average Bonchev–Trinajstić information content (AvgIpc) is 2.95. The van der Waals surface area contributed by atoms with E-state index in [1.807, 2.05) is 30.3 Å². The fraction of sp³-hybridized carbons (Fsp3) is 0.0667. The molecule has 0 fully saturated rings. The highest BCUT2D eigenvalue weighted by atomic mass is 35.5. The average molecular weight is 288 g/mol. The predicted molar refractivity (Wildman–Crippen MR) is 76.5 cm³/mol. The molecule has 2 aromatic carbocycles. The molecule has 1 heterocycles. The van der Waals surface area contributed by atoms with Crippen molar-refractivity contribution in [3.63, 3.8) is 0 Å². The van der Waals surface area contributed by atoms with Gasteiger partial charge in [-0.3, -0.25) is 0 Å². The molecule has 0 N–H and O–H groups in total. The number of halogens is 2. The zero-order valence-corrected chi connectivity index (χ0v) is 11.5. The molecule has 100 valence electrons. The molecule has 0 bridgehead atoms. The van der Waals surface area contributed by atoms with Crippen LogP contribution in [-0.2, 0) is 0 Å². The maximum Gasteiger partial charge on any atom is 0.146 e. The molecular formula is C15H11ClFN3. The van der Waals surface area contributed by atoms with E-state index in [4.69, 9.17) is 11.6 Å². The SMILES string of the molecule is Cc1c(-n2cc(-c3ccccc3)nn2)ccc(Cl)c1F.